The molecule has 0 aliphatic heterocycles. The Balaban J connectivity index is 2.00. The quantitative estimate of drug-likeness (QED) is 0.825. The molecule has 4 nitrogen and oxygen atoms in total. The highest BCUT2D eigenvalue weighted by molar-refractivity contribution is 8.00. The van der Waals surface area contributed by atoms with E-state index in [1.165, 1.54) is 17.8 Å². The van der Waals surface area contributed by atoms with E-state index in [0.29, 0.717) is 4.90 Å². The van der Waals surface area contributed by atoms with Gasteiger partial charge < -0.3 is 10.4 Å². The Morgan fingerprint density at radius 3 is 2.55 bits per heavy atom. The summed E-state index contributed by atoms with van der Waals surface area (Å²) < 4.78 is 0. The van der Waals surface area contributed by atoms with Crippen molar-refractivity contribution < 1.29 is 14.7 Å². The van der Waals surface area contributed by atoms with Gasteiger partial charge in [-0.15, -0.1) is 11.8 Å². The van der Waals surface area contributed by atoms with Crippen LogP contribution >= 0.6 is 11.8 Å². The first-order valence-electron chi connectivity index (χ1n) is 6.79. The van der Waals surface area contributed by atoms with E-state index in [1.807, 2.05) is 32.0 Å². The second-order valence-electron chi connectivity index (χ2n) is 4.96. The minimum absolute atomic E-state index is 0.155. The predicted molar refractivity (Wildman–Crippen MR) is 88.7 cm³/mol. The van der Waals surface area contributed by atoms with Crippen LogP contribution in [0.15, 0.2) is 47.4 Å². The van der Waals surface area contributed by atoms with E-state index < -0.39 is 5.97 Å². The average molecular weight is 315 g/mol. The number of aromatic carboxylic acids is 1. The number of amides is 1. The van der Waals surface area contributed by atoms with Gasteiger partial charge in [0.2, 0.25) is 5.91 Å². The zero-order valence-corrected chi connectivity index (χ0v) is 13.2. The maximum atomic E-state index is 12.0. The van der Waals surface area contributed by atoms with E-state index in [9.17, 15) is 9.59 Å². The molecule has 0 spiro atoms. The second-order valence-corrected chi connectivity index (χ2v) is 5.97. The zero-order chi connectivity index (χ0) is 16.1. The summed E-state index contributed by atoms with van der Waals surface area (Å²) in [6.07, 6.45) is 0. The maximum Gasteiger partial charge on any atom is 0.336 e. The van der Waals surface area contributed by atoms with Crippen molar-refractivity contribution in [3.05, 3.63) is 59.2 Å². The number of hydrogen-bond donors (Lipinski definition) is 2. The lowest BCUT2D eigenvalue weighted by Gasteiger charge is -2.09. The first-order valence-corrected chi connectivity index (χ1v) is 7.78. The molecule has 1 amide bonds. The Labute approximate surface area is 133 Å². The summed E-state index contributed by atoms with van der Waals surface area (Å²) in [5.74, 6) is -0.979. The molecule has 114 valence electrons. The molecule has 0 radical (unpaired) electrons. The van der Waals surface area contributed by atoms with Gasteiger partial charge in [-0.3, -0.25) is 4.79 Å². The van der Waals surface area contributed by atoms with Crippen LogP contribution < -0.4 is 5.32 Å². The Morgan fingerprint density at radius 2 is 1.86 bits per heavy atom. The Kier molecular flexibility index (Phi) is 5.22. The molecule has 2 N–H and O–H groups in total. The summed E-state index contributed by atoms with van der Waals surface area (Å²) in [5.41, 5.74) is 3.14. The van der Waals surface area contributed by atoms with Crippen LogP contribution in [0, 0.1) is 13.8 Å². The summed E-state index contributed by atoms with van der Waals surface area (Å²) in [6, 6.07) is 12.5. The highest BCUT2D eigenvalue weighted by atomic mass is 32.2. The van der Waals surface area contributed by atoms with Crippen LogP contribution in [-0.2, 0) is 4.79 Å². The number of anilines is 1. The molecular formula is C17H17NO3S. The van der Waals surface area contributed by atoms with Gasteiger partial charge in [-0.25, -0.2) is 4.79 Å². The number of hydrogen-bond acceptors (Lipinski definition) is 3. The van der Waals surface area contributed by atoms with Gasteiger partial charge in [0.1, 0.15) is 0 Å². The van der Waals surface area contributed by atoms with Crippen molar-refractivity contribution in [2.75, 3.05) is 11.1 Å². The largest absolute Gasteiger partial charge is 0.478 e. The van der Waals surface area contributed by atoms with Crippen molar-refractivity contribution >= 4 is 29.3 Å². The number of carbonyl (C=O) groups excluding carboxylic acids is 1. The normalized spacial score (nSPS) is 10.3. The lowest BCUT2D eigenvalue weighted by Crippen LogP contribution is -2.15. The molecule has 2 rings (SSSR count). The van der Waals surface area contributed by atoms with E-state index in [2.05, 4.69) is 5.32 Å². The molecule has 22 heavy (non-hydrogen) atoms. The molecule has 2 aromatic rings. The Bertz CT molecular complexity index is 713. The van der Waals surface area contributed by atoms with E-state index >= 15 is 0 Å². The molecule has 0 fully saturated rings. The van der Waals surface area contributed by atoms with Crippen molar-refractivity contribution in [1.82, 2.24) is 0 Å². The van der Waals surface area contributed by atoms with E-state index in [1.54, 1.807) is 18.2 Å². The molecule has 0 heterocycles. The number of rotatable bonds is 5. The number of carboxylic acids is 1. The van der Waals surface area contributed by atoms with Gasteiger partial charge in [0.15, 0.2) is 0 Å². The number of carboxylic acid groups (broad SMARTS) is 1. The Hall–Kier alpha value is -2.27. The van der Waals surface area contributed by atoms with E-state index in [0.717, 1.165) is 16.8 Å². The first-order chi connectivity index (χ1) is 10.5. The van der Waals surface area contributed by atoms with E-state index in [-0.39, 0.29) is 17.2 Å². The van der Waals surface area contributed by atoms with Gasteiger partial charge in [-0.2, -0.15) is 0 Å². The molecule has 5 heteroatoms. The number of nitrogens with one attached hydrogen (secondary N) is 1. The van der Waals surface area contributed by atoms with Crippen LogP contribution in [-0.4, -0.2) is 22.7 Å². The summed E-state index contributed by atoms with van der Waals surface area (Å²) >= 11 is 1.22. The fourth-order valence-electron chi connectivity index (χ4n) is 2.05. The predicted octanol–water partition coefficient (Wildman–Crippen LogP) is 3.73. The van der Waals surface area contributed by atoms with Crippen LogP contribution in [0.1, 0.15) is 21.5 Å². The number of carbonyl (C=O) groups is 2. The summed E-state index contributed by atoms with van der Waals surface area (Å²) in [5, 5.41) is 12.0. The minimum Gasteiger partial charge on any atom is -0.478 e. The van der Waals surface area contributed by atoms with Gasteiger partial charge >= 0.3 is 5.97 Å². The molecule has 0 bridgehead atoms. The third-order valence-corrected chi connectivity index (χ3v) is 4.21. The molecule has 0 aromatic heterocycles. The van der Waals surface area contributed by atoms with Crippen LogP contribution in [0.25, 0.3) is 0 Å². The fraction of sp³-hybridized carbons (Fsp3) is 0.176. The minimum atomic E-state index is -0.988. The van der Waals surface area contributed by atoms with Crippen molar-refractivity contribution in [3.63, 3.8) is 0 Å². The molecule has 0 saturated heterocycles. The molecule has 2 aromatic carbocycles. The third-order valence-electron chi connectivity index (χ3n) is 3.13. The SMILES string of the molecule is Cc1ccc(NC(=O)CSc2ccccc2C(=O)O)c(C)c1. The summed E-state index contributed by atoms with van der Waals surface area (Å²) in [6.45, 7) is 3.94. The van der Waals surface area contributed by atoms with Gasteiger partial charge in [0, 0.05) is 10.6 Å². The van der Waals surface area contributed by atoms with Crippen molar-refractivity contribution in [2.24, 2.45) is 0 Å². The molecule has 0 atom stereocenters. The molecule has 0 unspecified atom stereocenters. The number of thioether (sulfide) groups is 1. The van der Waals surface area contributed by atoms with Crippen LogP contribution in [0.3, 0.4) is 0 Å². The maximum absolute atomic E-state index is 12.0. The van der Waals surface area contributed by atoms with Crippen LogP contribution in [0.4, 0.5) is 5.69 Å². The van der Waals surface area contributed by atoms with Crippen LogP contribution in [0.2, 0.25) is 0 Å². The van der Waals surface area contributed by atoms with Crippen LogP contribution in [0.5, 0.6) is 0 Å². The molecular weight excluding hydrogens is 298 g/mol. The van der Waals surface area contributed by atoms with E-state index in [4.69, 9.17) is 5.11 Å². The average Bonchev–Trinajstić information content (AvgIpc) is 2.48. The highest BCUT2D eigenvalue weighted by Crippen LogP contribution is 2.23. The molecule has 0 saturated carbocycles. The second kappa shape index (κ2) is 7.13. The van der Waals surface area contributed by atoms with Gasteiger partial charge in [-0.05, 0) is 37.6 Å². The highest BCUT2D eigenvalue weighted by Gasteiger charge is 2.11. The monoisotopic (exact) mass is 315 g/mol. The summed E-state index contributed by atoms with van der Waals surface area (Å²) in [4.78, 5) is 23.7. The van der Waals surface area contributed by atoms with Crippen molar-refractivity contribution in [2.45, 2.75) is 18.7 Å². The number of aryl methyl sites for hydroxylation is 2. The topological polar surface area (TPSA) is 66.4 Å². The standard InChI is InChI=1S/C17H17NO3S/c1-11-7-8-14(12(2)9-11)18-16(19)10-22-15-6-4-3-5-13(15)17(20)21/h3-9H,10H2,1-2H3,(H,18,19)(H,20,21). The third kappa shape index (κ3) is 4.11. The fourth-order valence-corrected chi connectivity index (χ4v) is 2.90. The van der Waals surface area contributed by atoms with Gasteiger partial charge in [0.05, 0.1) is 11.3 Å². The first kappa shape index (κ1) is 16.1. The van der Waals surface area contributed by atoms with Crippen molar-refractivity contribution in [1.29, 1.82) is 0 Å². The summed E-state index contributed by atoms with van der Waals surface area (Å²) in [7, 11) is 0. The lowest BCUT2D eigenvalue weighted by molar-refractivity contribution is -0.113. The lowest BCUT2D eigenvalue weighted by atomic mass is 10.1. The number of benzene rings is 2. The smallest absolute Gasteiger partial charge is 0.336 e. The van der Waals surface area contributed by atoms with Gasteiger partial charge in [0.25, 0.3) is 0 Å². The van der Waals surface area contributed by atoms with Crippen molar-refractivity contribution in [3.8, 4) is 0 Å². The van der Waals surface area contributed by atoms with Gasteiger partial charge in [-0.1, -0.05) is 29.8 Å². The molecule has 0 aliphatic carbocycles. The molecule has 0 aliphatic rings. The Morgan fingerprint density at radius 1 is 1.14 bits per heavy atom. The zero-order valence-electron chi connectivity index (χ0n) is 12.4.